The van der Waals surface area contributed by atoms with E-state index in [2.05, 4.69) is 17.6 Å². The minimum absolute atomic E-state index is 0.0562. The number of ether oxygens (including phenoxy) is 3. The number of anilines is 1. The maximum Gasteiger partial charge on any atom is 0.257 e. The van der Waals surface area contributed by atoms with Crippen LogP contribution in [0.1, 0.15) is 34.6 Å². The van der Waals surface area contributed by atoms with Crippen LogP contribution in [-0.4, -0.2) is 62.7 Å². The smallest absolute Gasteiger partial charge is 0.257 e. The van der Waals surface area contributed by atoms with Gasteiger partial charge in [-0.3, -0.25) is 9.59 Å². The molecule has 0 unspecified atom stereocenters. The van der Waals surface area contributed by atoms with E-state index in [9.17, 15) is 9.59 Å². The Kier molecular flexibility index (Phi) is 8.99. The number of hydrogen-bond donors (Lipinski definition) is 2. The van der Waals surface area contributed by atoms with Crippen molar-refractivity contribution in [1.82, 2.24) is 10.2 Å². The van der Waals surface area contributed by atoms with E-state index < -0.39 is 0 Å². The molecule has 0 aromatic heterocycles. The van der Waals surface area contributed by atoms with Crippen molar-refractivity contribution in [2.45, 2.75) is 26.0 Å². The van der Waals surface area contributed by atoms with Gasteiger partial charge in [0.15, 0.2) is 0 Å². The summed E-state index contributed by atoms with van der Waals surface area (Å²) in [5.41, 5.74) is 1.40. The Labute approximate surface area is 223 Å². The van der Waals surface area contributed by atoms with E-state index in [0.29, 0.717) is 47.2 Å². The zero-order chi connectivity index (χ0) is 27.1. The molecule has 4 rings (SSSR count). The van der Waals surface area contributed by atoms with Crippen LogP contribution in [-0.2, 0) is 4.74 Å². The first-order valence-corrected chi connectivity index (χ1v) is 12.8. The van der Waals surface area contributed by atoms with E-state index in [1.54, 1.807) is 61.5 Å². The summed E-state index contributed by atoms with van der Waals surface area (Å²) in [6, 6.07) is 21.5. The molecule has 0 aliphatic carbocycles. The largest absolute Gasteiger partial charge is 0.491 e. The van der Waals surface area contributed by atoms with E-state index in [1.807, 2.05) is 37.3 Å². The summed E-state index contributed by atoms with van der Waals surface area (Å²) in [7, 11) is 3.43. The summed E-state index contributed by atoms with van der Waals surface area (Å²) in [4.78, 5) is 28.0. The predicted octanol–water partition coefficient (Wildman–Crippen LogP) is 4.82. The van der Waals surface area contributed by atoms with Gasteiger partial charge in [-0.25, -0.2) is 0 Å². The SMILES string of the molecule is CO[C@H]1CN(C)C(=O)c2ccc(NC(=O)c3cccc(Oc4ccccc4)c3)cc2OC[C@@H](C)NC[C@@H]1C. The van der Waals surface area contributed by atoms with Crippen LogP contribution in [0.2, 0.25) is 0 Å². The molecule has 0 saturated carbocycles. The fraction of sp³-hybridized carbons (Fsp3) is 0.333. The summed E-state index contributed by atoms with van der Waals surface area (Å²) in [6.45, 7) is 5.69. The van der Waals surface area contributed by atoms with Crippen LogP contribution in [0.5, 0.6) is 17.2 Å². The quantitative estimate of drug-likeness (QED) is 0.504. The summed E-state index contributed by atoms with van der Waals surface area (Å²) in [6.07, 6.45) is -0.104. The highest BCUT2D eigenvalue weighted by Crippen LogP contribution is 2.27. The molecule has 0 fully saturated rings. The van der Waals surface area contributed by atoms with E-state index >= 15 is 0 Å². The number of methoxy groups -OCH3 is 1. The maximum atomic E-state index is 13.3. The van der Waals surface area contributed by atoms with Gasteiger partial charge in [-0.1, -0.05) is 31.2 Å². The van der Waals surface area contributed by atoms with Crippen LogP contribution in [0.4, 0.5) is 5.69 Å². The molecule has 3 aromatic rings. The highest BCUT2D eigenvalue weighted by molar-refractivity contribution is 6.05. The van der Waals surface area contributed by atoms with Gasteiger partial charge in [0.25, 0.3) is 11.8 Å². The Balaban J connectivity index is 1.53. The number of amides is 2. The number of benzene rings is 3. The number of para-hydroxylation sites is 1. The summed E-state index contributed by atoms with van der Waals surface area (Å²) < 4.78 is 17.6. The molecule has 1 aliphatic heterocycles. The number of carbonyl (C=O) groups is 2. The average molecular weight is 518 g/mol. The van der Waals surface area contributed by atoms with E-state index in [4.69, 9.17) is 14.2 Å². The molecule has 1 aliphatic rings. The lowest BCUT2D eigenvalue weighted by molar-refractivity contribution is 0.0281. The molecule has 3 atom stereocenters. The first-order valence-electron chi connectivity index (χ1n) is 12.8. The van der Waals surface area contributed by atoms with Crippen molar-refractivity contribution in [2.24, 2.45) is 5.92 Å². The first-order chi connectivity index (χ1) is 18.3. The molecule has 0 radical (unpaired) electrons. The number of nitrogens with zero attached hydrogens (tertiary/aromatic N) is 1. The Morgan fingerprint density at radius 1 is 1.03 bits per heavy atom. The number of rotatable bonds is 5. The lowest BCUT2D eigenvalue weighted by Gasteiger charge is -2.30. The highest BCUT2D eigenvalue weighted by atomic mass is 16.5. The maximum absolute atomic E-state index is 13.3. The molecule has 2 amide bonds. The average Bonchev–Trinajstić information content (AvgIpc) is 2.93. The molecule has 2 N–H and O–H groups in total. The fourth-order valence-corrected chi connectivity index (χ4v) is 4.26. The van der Waals surface area contributed by atoms with Gasteiger partial charge in [0, 0.05) is 50.6 Å². The fourth-order valence-electron chi connectivity index (χ4n) is 4.26. The number of carbonyl (C=O) groups excluding carboxylic acids is 2. The molecule has 8 heteroatoms. The zero-order valence-electron chi connectivity index (χ0n) is 22.3. The third kappa shape index (κ3) is 6.90. The van der Waals surface area contributed by atoms with Gasteiger partial charge in [-0.05, 0) is 55.3 Å². The number of hydrogen-bond acceptors (Lipinski definition) is 6. The molecule has 38 heavy (non-hydrogen) atoms. The van der Waals surface area contributed by atoms with Crippen molar-refractivity contribution in [2.75, 3.05) is 39.2 Å². The van der Waals surface area contributed by atoms with Gasteiger partial charge in [0.1, 0.15) is 23.9 Å². The first kappa shape index (κ1) is 27.2. The van der Waals surface area contributed by atoms with Crippen LogP contribution in [0.15, 0.2) is 72.8 Å². The van der Waals surface area contributed by atoms with Crippen molar-refractivity contribution in [3.63, 3.8) is 0 Å². The molecule has 200 valence electrons. The summed E-state index contributed by atoms with van der Waals surface area (Å²) in [5.74, 6) is 1.41. The highest BCUT2D eigenvalue weighted by Gasteiger charge is 2.25. The van der Waals surface area contributed by atoms with Gasteiger partial charge >= 0.3 is 0 Å². The minimum atomic E-state index is -0.299. The monoisotopic (exact) mass is 517 g/mol. The van der Waals surface area contributed by atoms with Crippen molar-refractivity contribution in [3.05, 3.63) is 83.9 Å². The van der Waals surface area contributed by atoms with Crippen molar-refractivity contribution in [1.29, 1.82) is 0 Å². The second-order valence-electron chi connectivity index (χ2n) is 9.67. The van der Waals surface area contributed by atoms with Gasteiger partial charge < -0.3 is 29.7 Å². The van der Waals surface area contributed by atoms with Crippen LogP contribution in [0.25, 0.3) is 0 Å². The van der Waals surface area contributed by atoms with Crippen LogP contribution in [0.3, 0.4) is 0 Å². The lowest BCUT2D eigenvalue weighted by atomic mass is 10.0. The standard InChI is InChI=1S/C30H35N3O5/c1-20-17-31-21(2)19-37-27-16-23(13-14-26(27)30(35)33(3)18-28(20)36-4)32-29(34)22-9-8-12-25(15-22)38-24-10-6-5-7-11-24/h5-16,20-21,28,31H,17-19H2,1-4H3,(H,32,34)/t20-,21+,28-/m0/s1. The molecule has 1 heterocycles. The van der Waals surface area contributed by atoms with Gasteiger partial charge in [0.2, 0.25) is 0 Å². The van der Waals surface area contributed by atoms with Gasteiger partial charge in [-0.15, -0.1) is 0 Å². The molecule has 8 nitrogen and oxygen atoms in total. The Bertz CT molecular complexity index is 1250. The Morgan fingerprint density at radius 3 is 2.55 bits per heavy atom. The van der Waals surface area contributed by atoms with E-state index in [-0.39, 0.29) is 29.9 Å². The van der Waals surface area contributed by atoms with Crippen LogP contribution >= 0.6 is 0 Å². The van der Waals surface area contributed by atoms with Crippen molar-refractivity contribution >= 4 is 17.5 Å². The van der Waals surface area contributed by atoms with E-state index in [1.165, 1.54) is 0 Å². The second kappa shape index (κ2) is 12.6. The number of fused-ring (bicyclic) bond motifs is 1. The van der Waals surface area contributed by atoms with E-state index in [0.717, 1.165) is 6.54 Å². The second-order valence-corrected chi connectivity index (χ2v) is 9.67. The zero-order valence-corrected chi connectivity index (χ0v) is 22.3. The number of likely N-dealkylation sites (N-methyl/N-ethyl adjacent to an activating group) is 1. The Hall–Kier alpha value is -3.88. The van der Waals surface area contributed by atoms with Gasteiger partial charge in [-0.2, -0.15) is 0 Å². The lowest BCUT2D eigenvalue weighted by Crippen LogP contribution is -2.44. The van der Waals surface area contributed by atoms with Crippen molar-refractivity contribution in [3.8, 4) is 17.2 Å². The topological polar surface area (TPSA) is 89.1 Å². The van der Waals surface area contributed by atoms with Crippen molar-refractivity contribution < 1.29 is 23.8 Å². The number of nitrogens with one attached hydrogen (secondary N) is 2. The van der Waals surface area contributed by atoms with Crippen LogP contribution in [0, 0.1) is 5.92 Å². The van der Waals surface area contributed by atoms with Gasteiger partial charge in [0.05, 0.1) is 11.7 Å². The third-order valence-electron chi connectivity index (χ3n) is 6.56. The van der Waals surface area contributed by atoms with Crippen LogP contribution < -0.4 is 20.1 Å². The minimum Gasteiger partial charge on any atom is -0.491 e. The molecule has 0 saturated heterocycles. The molecular formula is C30H35N3O5. The summed E-state index contributed by atoms with van der Waals surface area (Å²) >= 11 is 0. The predicted molar refractivity (Wildman–Crippen MR) is 147 cm³/mol. The molecule has 0 spiro atoms. The molecule has 0 bridgehead atoms. The summed E-state index contributed by atoms with van der Waals surface area (Å²) in [5, 5.41) is 6.38. The normalized spacial score (nSPS) is 20.4. The molecule has 3 aromatic carbocycles. The third-order valence-corrected chi connectivity index (χ3v) is 6.56. The molecular weight excluding hydrogens is 482 g/mol. The Morgan fingerprint density at radius 2 is 1.79 bits per heavy atom.